The Morgan fingerprint density at radius 2 is 2.10 bits per heavy atom. The molecule has 7 heteroatoms. The van der Waals surface area contributed by atoms with Gasteiger partial charge in [0.1, 0.15) is 5.76 Å². The summed E-state index contributed by atoms with van der Waals surface area (Å²) in [4.78, 5) is 4.02. The maximum absolute atomic E-state index is 12.2. The summed E-state index contributed by atoms with van der Waals surface area (Å²) < 4.78 is 32.2. The maximum atomic E-state index is 12.2. The average Bonchev–Trinajstić information content (AvgIpc) is 2.84. The van der Waals surface area contributed by atoms with Gasteiger partial charge >= 0.3 is 0 Å². The van der Waals surface area contributed by atoms with Gasteiger partial charge in [-0.1, -0.05) is 24.3 Å². The first-order chi connectivity index (χ1) is 9.89. The normalized spacial score (nSPS) is 13.3. The topological polar surface area (TPSA) is 98.2 Å². The molecule has 21 heavy (non-hydrogen) atoms. The molecule has 0 amide bonds. The number of hydrogen-bond acceptors (Lipinski definition) is 5. The van der Waals surface area contributed by atoms with Gasteiger partial charge in [0, 0.05) is 6.54 Å². The molecule has 0 aliphatic rings. The Kier molecular flexibility index (Phi) is 4.76. The predicted octanol–water partition coefficient (Wildman–Crippen LogP) is 1.62. The van der Waals surface area contributed by atoms with E-state index in [0.29, 0.717) is 23.8 Å². The van der Waals surface area contributed by atoms with E-state index in [2.05, 4.69) is 9.71 Å². The molecule has 1 aromatic heterocycles. The third-order valence-corrected chi connectivity index (χ3v) is 4.38. The summed E-state index contributed by atoms with van der Waals surface area (Å²) in [7, 11) is -3.49. The summed E-state index contributed by atoms with van der Waals surface area (Å²) in [6.45, 7) is 3.84. The Bertz CT molecular complexity index is 710. The number of rotatable bonds is 6. The number of nitrogens with one attached hydrogen (secondary N) is 1. The first-order valence-corrected chi connectivity index (χ1v) is 8.25. The van der Waals surface area contributed by atoms with Gasteiger partial charge in [-0.2, -0.15) is 0 Å². The van der Waals surface area contributed by atoms with E-state index in [1.807, 2.05) is 6.07 Å². The van der Waals surface area contributed by atoms with Gasteiger partial charge in [0.2, 0.25) is 15.9 Å². The van der Waals surface area contributed by atoms with Crippen molar-refractivity contribution in [3.05, 3.63) is 53.2 Å². The van der Waals surface area contributed by atoms with Gasteiger partial charge in [-0.05, 0) is 25.0 Å². The molecule has 2 rings (SSSR count). The molecule has 0 aliphatic heterocycles. The van der Waals surface area contributed by atoms with Crippen LogP contribution in [-0.4, -0.2) is 13.4 Å². The highest BCUT2D eigenvalue weighted by Gasteiger charge is 2.19. The summed E-state index contributed by atoms with van der Waals surface area (Å²) >= 11 is 0. The molecule has 0 fully saturated rings. The lowest BCUT2D eigenvalue weighted by Gasteiger charge is -2.11. The first-order valence-electron chi connectivity index (χ1n) is 6.60. The lowest BCUT2D eigenvalue weighted by molar-refractivity contribution is 0.427. The van der Waals surface area contributed by atoms with E-state index < -0.39 is 16.1 Å². The summed E-state index contributed by atoms with van der Waals surface area (Å²) in [5.74, 6) is 0.892. The molecule has 0 radical (unpaired) electrons. The minimum Gasteiger partial charge on any atom is -0.444 e. The molecular formula is C14H19N3O3S. The second-order valence-corrected chi connectivity index (χ2v) is 6.69. The first kappa shape index (κ1) is 15.7. The van der Waals surface area contributed by atoms with E-state index in [1.54, 1.807) is 38.2 Å². The van der Waals surface area contributed by atoms with E-state index in [1.165, 1.54) is 0 Å². The van der Waals surface area contributed by atoms with Crippen molar-refractivity contribution in [2.75, 3.05) is 0 Å². The Balaban J connectivity index is 2.07. The van der Waals surface area contributed by atoms with Gasteiger partial charge in [-0.25, -0.2) is 18.1 Å². The molecule has 1 heterocycles. The SMILES string of the molecule is Cc1cnc(C(C)NS(=O)(=O)Cc2cccc(CN)c2)o1. The smallest absolute Gasteiger partial charge is 0.216 e. The van der Waals surface area contributed by atoms with Crippen LogP contribution >= 0.6 is 0 Å². The van der Waals surface area contributed by atoms with E-state index in [0.717, 1.165) is 5.56 Å². The molecular weight excluding hydrogens is 290 g/mol. The minimum absolute atomic E-state index is 0.106. The largest absolute Gasteiger partial charge is 0.444 e. The van der Waals surface area contributed by atoms with Gasteiger partial charge < -0.3 is 10.2 Å². The molecule has 0 saturated carbocycles. The van der Waals surface area contributed by atoms with Crippen LogP contribution in [0.2, 0.25) is 0 Å². The van der Waals surface area contributed by atoms with Crippen LogP contribution in [0.15, 0.2) is 34.9 Å². The van der Waals surface area contributed by atoms with Crippen LogP contribution < -0.4 is 10.5 Å². The van der Waals surface area contributed by atoms with Crippen molar-refractivity contribution < 1.29 is 12.8 Å². The Morgan fingerprint density at radius 3 is 2.71 bits per heavy atom. The number of aryl methyl sites for hydroxylation is 1. The fraction of sp³-hybridized carbons (Fsp3) is 0.357. The number of nitrogens with zero attached hydrogens (tertiary/aromatic N) is 1. The molecule has 6 nitrogen and oxygen atoms in total. The third kappa shape index (κ3) is 4.38. The zero-order valence-electron chi connectivity index (χ0n) is 12.0. The van der Waals surface area contributed by atoms with Crippen LogP contribution in [0.1, 0.15) is 35.7 Å². The molecule has 0 spiro atoms. The van der Waals surface area contributed by atoms with Crippen LogP contribution in [-0.2, 0) is 22.3 Å². The summed E-state index contributed by atoms with van der Waals surface area (Å²) in [6, 6.07) is 6.70. The molecule has 1 aromatic carbocycles. The fourth-order valence-corrected chi connectivity index (χ4v) is 3.34. The zero-order valence-corrected chi connectivity index (χ0v) is 12.9. The molecule has 1 atom stereocenters. The Hall–Kier alpha value is -1.70. The number of hydrogen-bond donors (Lipinski definition) is 2. The van der Waals surface area contributed by atoms with Crippen molar-refractivity contribution in [1.82, 2.24) is 9.71 Å². The van der Waals surface area contributed by atoms with Crippen LogP contribution in [0.5, 0.6) is 0 Å². The third-order valence-electron chi connectivity index (χ3n) is 2.95. The second kappa shape index (κ2) is 6.38. The van der Waals surface area contributed by atoms with Gasteiger partial charge in [-0.3, -0.25) is 0 Å². The van der Waals surface area contributed by atoms with Crippen LogP contribution in [0, 0.1) is 6.92 Å². The number of benzene rings is 1. The highest BCUT2D eigenvalue weighted by atomic mass is 32.2. The highest BCUT2D eigenvalue weighted by Crippen LogP contribution is 2.15. The quantitative estimate of drug-likeness (QED) is 0.845. The van der Waals surface area contributed by atoms with Gasteiger partial charge in [-0.15, -0.1) is 0 Å². The van der Waals surface area contributed by atoms with Gasteiger partial charge in [0.25, 0.3) is 0 Å². The summed E-state index contributed by atoms with van der Waals surface area (Å²) in [6.07, 6.45) is 1.56. The highest BCUT2D eigenvalue weighted by molar-refractivity contribution is 7.88. The van der Waals surface area contributed by atoms with E-state index in [4.69, 9.17) is 10.2 Å². The number of oxazole rings is 1. The van der Waals surface area contributed by atoms with Crippen molar-refractivity contribution in [3.8, 4) is 0 Å². The lowest BCUT2D eigenvalue weighted by atomic mass is 10.1. The molecule has 1 unspecified atom stereocenters. The molecule has 0 aliphatic carbocycles. The minimum atomic E-state index is -3.49. The second-order valence-electron chi connectivity index (χ2n) is 4.93. The van der Waals surface area contributed by atoms with Crippen molar-refractivity contribution in [2.45, 2.75) is 32.2 Å². The van der Waals surface area contributed by atoms with E-state index in [9.17, 15) is 8.42 Å². The molecule has 2 aromatic rings. The Labute approximate surface area is 124 Å². The van der Waals surface area contributed by atoms with Crippen molar-refractivity contribution in [3.63, 3.8) is 0 Å². The van der Waals surface area contributed by atoms with Crippen molar-refractivity contribution in [1.29, 1.82) is 0 Å². The summed E-state index contributed by atoms with van der Waals surface area (Å²) in [5, 5.41) is 0. The fourth-order valence-electron chi connectivity index (χ4n) is 2.00. The number of nitrogens with two attached hydrogens (primary N) is 1. The standard InChI is InChI=1S/C14H19N3O3S/c1-10-8-16-14(20-10)11(2)17-21(18,19)9-13-5-3-4-12(6-13)7-15/h3-6,8,11,17H,7,9,15H2,1-2H3. The number of sulfonamides is 1. The molecule has 114 valence electrons. The monoisotopic (exact) mass is 309 g/mol. The Morgan fingerprint density at radius 1 is 1.38 bits per heavy atom. The maximum Gasteiger partial charge on any atom is 0.216 e. The van der Waals surface area contributed by atoms with Gasteiger partial charge in [0.15, 0.2) is 0 Å². The van der Waals surface area contributed by atoms with Gasteiger partial charge in [0.05, 0.1) is 18.0 Å². The summed E-state index contributed by atoms with van der Waals surface area (Å²) in [5.41, 5.74) is 7.15. The predicted molar refractivity (Wildman–Crippen MR) is 79.7 cm³/mol. The van der Waals surface area contributed by atoms with Crippen molar-refractivity contribution >= 4 is 10.0 Å². The van der Waals surface area contributed by atoms with Crippen LogP contribution in [0.25, 0.3) is 0 Å². The number of aromatic nitrogens is 1. The van der Waals surface area contributed by atoms with Crippen LogP contribution in [0.4, 0.5) is 0 Å². The lowest BCUT2D eigenvalue weighted by Crippen LogP contribution is -2.28. The average molecular weight is 309 g/mol. The van der Waals surface area contributed by atoms with Crippen molar-refractivity contribution in [2.24, 2.45) is 5.73 Å². The molecule has 0 bridgehead atoms. The molecule has 0 saturated heterocycles. The van der Waals surface area contributed by atoms with E-state index >= 15 is 0 Å². The van der Waals surface area contributed by atoms with E-state index in [-0.39, 0.29) is 5.75 Å². The zero-order chi connectivity index (χ0) is 15.5. The molecule has 3 N–H and O–H groups in total. The van der Waals surface area contributed by atoms with Crippen LogP contribution in [0.3, 0.4) is 0 Å².